The van der Waals surface area contributed by atoms with Gasteiger partial charge in [-0.15, -0.1) is 0 Å². The average molecular weight is 642 g/mol. The van der Waals surface area contributed by atoms with Gasteiger partial charge in [0.25, 0.3) is 6.01 Å². The number of ether oxygens (including phenoxy) is 1. The molecule has 47 heavy (non-hydrogen) atoms. The monoisotopic (exact) mass is 641 g/mol. The first-order valence-corrected chi connectivity index (χ1v) is 15.9. The van der Waals surface area contributed by atoms with E-state index < -0.39 is 0 Å². The summed E-state index contributed by atoms with van der Waals surface area (Å²) >= 11 is 0. The fraction of sp³-hybridized carbons (Fsp3) is 0.438. The molecule has 0 unspecified atom stereocenters. The fourth-order valence-corrected chi connectivity index (χ4v) is 5.66. The van der Waals surface area contributed by atoms with Crippen LogP contribution in [0.15, 0.2) is 41.3 Å². The van der Waals surface area contributed by atoms with Crippen molar-refractivity contribution in [2.24, 2.45) is 0 Å². The van der Waals surface area contributed by atoms with Gasteiger partial charge in [0, 0.05) is 70.1 Å². The highest BCUT2D eigenvalue weighted by molar-refractivity contribution is 5.99. The number of piperazine rings is 1. The Kier molecular flexibility index (Phi) is 9.92. The Labute approximate surface area is 271 Å². The number of nitrogens with zero attached hydrogens (tertiary/aromatic N) is 9. The minimum absolute atomic E-state index is 0.0300. The summed E-state index contributed by atoms with van der Waals surface area (Å²) in [4.78, 5) is 50.2. The van der Waals surface area contributed by atoms with Crippen molar-refractivity contribution in [2.75, 3.05) is 62.3 Å². The summed E-state index contributed by atoms with van der Waals surface area (Å²) in [6.45, 7) is 7.48. The molecule has 1 aliphatic rings. The van der Waals surface area contributed by atoms with Gasteiger partial charge in [0.2, 0.25) is 5.95 Å². The van der Waals surface area contributed by atoms with Crippen LogP contribution in [0.2, 0.25) is 0 Å². The van der Waals surface area contributed by atoms with E-state index >= 15 is 0 Å². The van der Waals surface area contributed by atoms with Crippen molar-refractivity contribution in [3.63, 3.8) is 0 Å². The number of nitrogen functional groups attached to an aromatic ring is 2. The molecule has 0 saturated carbocycles. The van der Waals surface area contributed by atoms with Crippen LogP contribution in [0.25, 0.3) is 33.4 Å². The predicted octanol–water partition coefficient (Wildman–Crippen LogP) is 3.15. The van der Waals surface area contributed by atoms with Gasteiger partial charge in [-0.2, -0.15) is 10.1 Å². The number of unbranched alkanes of at least 4 members (excludes halogenated alkanes) is 2. The first kappa shape index (κ1) is 31.9. The smallest absolute Gasteiger partial charge is 0.292 e. The lowest BCUT2D eigenvalue weighted by Crippen LogP contribution is -2.47. The Bertz CT molecular complexity index is 1850. The Hall–Kier alpha value is -5.02. The molecule has 15 heteroatoms. The normalized spacial score (nSPS) is 13.9. The molecule has 0 bridgehead atoms. The molecule has 0 amide bonds. The number of Topliss-reactive ketones (excluding diaryl/α,β-unsaturated/α-hetero) is 2. The van der Waals surface area contributed by atoms with Gasteiger partial charge in [0.05, 0.1) is 24.2 Å². The number of anilines is 3. The predicted molar refractivity (Wildman–Crippen MR) is 177 cm³/mol. The topological polar surface area (TPSA) is 197 Å². The lowest BCUT2D eigenvalue weighted by Gasteiger charge is -2.34. The number of carbonyl (C=O) groups excluding carboxylic acids is 2. The minimum atomic E-state index is 0.0300. The van der Waals surface area contributed by atoms with Crippen LogP contribution < -0.4 is 16.4 Å². The van der Waals surface area contributed by atoms with Gasteiger partial charge in [-0.05, 0) is 38.0 Å². The van der Waals surface area contributed by atoms with Gasteiger partial charge in [0.15, 0.2) is 17.0 Å². The van der Waals surface area contributed by atoms with Crippen LogP contribution in [-0.4, -0.2) is 97.1 Å². The second-order valence-electron chi connectivity index (χ2n) is 11.7. The van der Waals surface area contributed by atoms with Gasteiger partial charge in [-0.3, -0.25) is 14.5 Å². The third-order valence-corrected chi connectivity index (χ3v) is 8.28. The third-order valence-electron chi connectivity index (χ3n) is 8.28. The molecule has 1 aromatic carbocycles. The number of ketones is 2. The first-order valence-electron chi connectivity index (χ1n) is 15.9. The number of oxazole rings is 1. The number of benzene rings is 1. The van der Waals surface area contributed by atoms with E-state index in [1.165, 1.54) is 6.33 Å². The van der Waals surface area contributed by atoms with Crippen molar-refractivity contribution in [3.8, 4) is 11.3 Å². The number of aryl methyl sites for hydroxylation is 1. The summed E-state index contributed by atoms with van der Waals surface area (Å²) in [5, 5.41) is 5.51. The molecule has 4 aromatic heterocycles. The van der Waals surface area contributed by atoms with Crippen molar-refractivity contribution >= 4 is 51.5 Å². The number of hydrogen-bond donors (Lipinski definition) is 2. The summed E-state index contributed by atoms with van der Waals surface area (Å²) < 4.78 is 12.8. The van der Waals surface area contributed by atoms with Gasteiger partial charge < -0.3 is 25.5 Å². The number of nitrogens with two attached hydrogens (primary N) is 2. The zero-order chi connectivity index (χ0) is 32.8. The molecule has 0 aliphatic carbocycles. The van der Waals surface area contributed by atoms with E-state index in [-0.39, 0.29) is 17.6 Å². The quantitative estimate of drug-likeness (QED) is 0.125. The summed E-state index contributed by atoms with van der Waals surface area (Å²) in [5.74, 6) is 1.16. The van der Waals surface area contributed by atoms with Crippen molar-refractivity contribution in [1.82, 2.24) is 39.6 Å². The zero-order valence-corrected chi connectivity index (χ0v) is 26.5. The Balaban J connectivity index is 0.963. The van der Waals surface area contributed by atoms with Crippen LogP contribution in [0.3, 0.4) is 0 Å². The van der Waals surface area contributed by atoms with Crippen LogP contribution in [0, 0.1) is 0 Å². The second kappa shape index (κ2) is 14.6. The van der Waals surface area contributed by atoms with Crippen molar-refractivity contribution < 1.29 is 18.7 Å². The largest absolute Gasteiger partial charge is 0.424 e. The maximum atomic E-state index is 12.9. The number of hydrogen-bond acceptors (Lipinski definition) is 14. The zero-order valence-electron chi connectivity index (χ0n) is 26.5. The SMILES string of the molecule is CC(=O)CCOCCN1CCN(c2ncc(C(=O)CCCCCn3nc(-c4ccc5oc(N)nc5c4)c4c(N)ncnc43)cn2)CC1. The molecule has 1 fully saturated rings. The van der Waals surface area contributed by atoms with Crippen LogP contribution in [0.4, 0.5) is 17.8 Å². The summed E-state index contributed by atoms with van der Waals surface area (Å²) in [5.41, 5.74) is 15.8. The highest BCUT2D eigenvalue weighted by Gasteiger charge is 2.20. The van der Waals surface area contributed by atoms with Crippen molar-refractivity contribution in [2.45, 2.75) is 45.6 Å². The van der Waals surface area contributed by atoms with Crippen molar-refractivity contribution in [1.29, 1.82) is 0 Å². The fourth-order valence-electron chi connectivity index (χ4n) is 5.66. The van der Waals surface area contributed by atoms with Crippen LogP contribution in [0.5, 0.6) is 0 Å². The lowest BCUT2D eigenvalue weighted by molar-refractivity contribution is -0.118. The maximum Gasteiger partial charge on any atom is 0.292 e. The molecule has 15 nitrogen and oxygen atoms in total. The van der Waals surface area contributed by atoms with Crippen LogP contribution in [-0.2, 0) is 16.1 Å². The highest BCUT2D eigenvalue weighted by atomic mass is 16.5. The maximum absolute atomic E-state index is 12.9. The van der Waals surface area contributed by atoms with Gasteiger partial charge in [0.1, 0.15) is 29.1 Å². The number of rotatable bonds is 15. The molecule has 5 heterocycles. The van der Waals surface area contributed by atoms with Gasteiger partial charge >= 0.3 is 0 Å². The average Bonchev–Trinajstić information content (AvgIpc) is 3.64. The molecule has 0 atom stereocenters. The van der Waals surface area contributed by atoms with Crippen LogP contribution >= 0.6 is 0 Å². The van der Waals surface area contributed by atoms with E-state index in [0.29, 0.717) is 77.8 Å². The molecular weight excluding hydrogens is 602 g/mol. The lowest BCUT2D eigenvalue weighted by atomic mass is 10.1. The Morgan fingerprint density at radius 1 is 0.936 bits per heavy atom. The molecular formula is C32H39N11O4. The third kappa shape index (κ3) is 7.69. The minimum Gasteiger partial charge on any atom is -0.424 e. The molecule has 4 N–H and O–H groups in total. The van der Waals surface area contributed by atoms with Gasteiger partial charge in [-0.25, -0.2) is 24.6 Å². The van der Waals surface area contributed by atoms with E-state index in [9.17, 15) is 9.59 Å². The molecule has 5 aromatic rings. The summed E-state index contributed by atoms with van der Waals surface area (Å²) in [7, 11) is 0. The molecule has 1 aliphatic heterocycles. The van der Waals surface area contributed by atoms with Crippen molar-refractivity contribution in [3.05, 3.63) is 42.5 Å². The van der Waals surface area contributed by atoms with Crippen LogP contribution in [0.1, 0.15) is 49.4 Å². The van der Waals surface area contributed by atoms with E-state index in [0.717, 1.165) is 57.5 Å². The molecule has 1 saturated heterocycles. The molecule has 0 radical (unpaired) electrons. The van der Waals surface area contributed by atoms with E-state index in [1.807, 2.05) is 16.8 Å². The Morgan fingerprint density at radius 3 is 2.53 bits per heavy atom. The molecule has 246 valence electrons. The summed E-state index contributed by atoms with van der Waals surface area (Å²) in [6.07, 6.45) is 7.94. The van der Waals surface area contributed by atoms with E-state index in [1.54, 1.807) is 25.4 Å². The van der Waals surface area contributed by atoms with E-state index in [4.69, 9.17) is 25.7 Å². The number of aromatic nitrogens is 7. The van der Waals surface area contributed by atoms with Gasteiger partial charge in [-0.1, -0.05) is 6.42 Å². The highest BCUT2D eigenvalue weighted by Crippen LogP contribution is 2.32. The molecule has 6 rings (SSSR count). The standard InChI is InChI=1S/C32H39N11O4/c1-21(44)8-15-46-16-14-41-10-12-42(13-11-41)32-35-18-23(19-36-32)25(45)5-3-2-4-9-43-30-27(29(33)37-20-38-30)28(40-43)22-6-7-26-24(17-22)39-31(34)47-26/h6-7,17-20H,2-5,8-16H2,1H3,(H2,34,39)(H2,33,37,38). The second-order valence-corrected chi connectivity index (χ2v) is 11.7. The Morgan fingerprint density at radius 2 is 1.74 bits per heavy atom. The first-order chi connectivity index (χ1) is 22.9. The number of carbonyl (C=O) groups is 2. The summed E-state index contributed by atoms with van der Waals surface area (Å²) in [6, 6.07) is 5.64. The number of fused-ring (bicyclic) bond motifs is 2. The van der Waals surface area contributed by atoms with E-state index in [2.05, 4.69) is 34.7 Å². The molecule has 0 spiro atoms.